The molecule has 25 heavy (non-hydrogen) atoms. The summed E-state index contributed by atoms with van der Waals surface area (Å²) < 4.78 is 0. The first-order valence-electron chi connectivity index (χ1n) is 8.75. The molecule has 4 heteroatoms. The van der Waals surface area contributed by atoms with Crippen LogP contribution in [0, 0.1) is 0 Å². The lowest BCUT2D eigenvalue weighted by molar-refractivity contribution is -0.138. The van der Waals surface area contributed by atoms with Crippen LogP contribution in [0.4, 0.5) is 5.69 Å². The van der Waals surface area contributed by atoms with Gasteiger partial charge in [0.05, 0.1) is 12.2 Å². The smallest absolute Gasteiger partial charge is 0.317 e. The van der Waals surface area contributed by atoms with Crippen molar-refractivity contribution in [1.82, 2.24) is 4.90 Å². The number of benzene rings is 3. The van der Waals surface area contributed by atoms with Crippen molar-refractivity contribution in [2.24, 2.45) is 0 Å². The highest BCUT2D eigenvalue weighted by molar-refractivity contribution is 6.11. The van der Waals surface area contributed by atoms with Gasteiger partial charge in [-0.05, 0) is 23.8 Å². The lowest BCUT2D eigenvalue weighted by atomic mass is 9.99. The lowest BCUT2D eigenvalue weighted by Gasteiger charge is -2.41. The molecular weight excluding hydrogens is 312 g/mol. The summed E-state index contributed by atoms with van der Waals surface area (Å²) in [5.41, 5.74) is 1.27. The van der Waals surface area contributed by atoms with Crippen LogP contribution in [0.1, 0.15) is 6.92 Å². The predicted octanol–water partition coefficient (Wildman–Crippen LogP) is 3.59. The molecule has 0 radical (unpaired) electrons. The van der Waals surface area contributed by atoms with E-state index in [0.29, 0.717) is 0 Å². The van der Waals surface area contributed by atoms with Gasteiger partial charge in [0.25, 0.3) is 0 Å². The fourth-order valence-electron chi connectivity index (χ4n) is 3.94. The Bertz CT molecular complexity index is 883. The number of nitrogens with zero attached hydrogens (tertiary/aromatic N) is 2. The first kappa shape index (κ1) is 15.9. The largest absolute Gasteiger partial charge is 0.480 e. The summed E-state index contributed by atoms with van der Waals surface area (Å²) in [4.78, 5) is 15.5. The van der Waals surface area contributed by atoms with Crippen LogP contribution in [0.15, 0.2) is 54.6 Å². The third-order valence-corrected chi connectivity index (χ3v) is 5.16. The molecule has 0 saturated carbocycles. The highest BCUT2D eigenvalue weighted by atomic mass is 16.4. The second-order valence-electron chi connectivity index (χ2n) is 6.83. The maximum atomic E-state index is 11.1. The van der Waals surface area contributed by atoms with Crippen molar-refractivity contribution in [1.29, 1.82) is 0 Å². The molecule has 1 unspecified atom stereocenters. The quantitative estimate of drug-likeness (QED) is 0.744. The van der Waals surface area contributed by atoms with Crippen LogP contribution in [-0.4, -0.2) is 48.2 Å². The third kappa shape index (κ3) is 2.94. The van der Waals surface area contributed by atoms with Crippen molar-refractivity contribution in [3.63, 3.8) is 0 Å². The van der Waals surface area contributed by atoms with E-state index in [1.165, 1.54) is 27.2 Å². The Balaban J connectivity index is 1.79. The van der Waals surface area contributed by atoms with Gasteiger partial charge in [-0.15, -0.1) is 0 Å². The Kier molecular flexibility index (Phi) is 4.06. The molecule has 4 rings (SSSR count). The fourth-order valence-corrected chi connectivity index (χ4v) is 3.94. The number of piperazine rings is 1. The number of hydrogen-bond donors (Lipinski definition) is 1. The van der Waals surface area contributed by atoms with Gasteiger partial charge in [0.15, 0.2) is 0 Å². The Morgan fingerprint density at radius 1 is 1.04 bits per heavy atom. The monoisotopic (exact) mass is 334 g/mol. The molecule has 1 N–H and O–H groups in total. The predicted molar refractivity (Wildman–Crippen MR) is 102 cm³/mol. The zero-order valence-electron chi connectivity index (χ0n) is 14.4. The molecule has 0 bridgehead atoms. The second kappa shape index (κ2) is 6.37. The Morgan fingerprint density at radius 3 is 2.20 bits per heavy atom. The van der Waals surface area contributed by atoms with Gasteiger partial charge in [-0.25, -0.2) is 0 Å². The minimum Gasteiger partial charge on any atom is -0.480 e. The number of aliphatic carboxylic acids is 1. The Hall–Kier alpha value is -2.59. The highest BCUT2D eigenvalue weighted by Crippen LogP contribution is 2.36. The van der Waals surface area contributed by atoms with Gasteiger partial charge in [0.1, 0.15) is 0 Å². The minimum absolute atomic E-state index is 0.116. The summed E-state index contributed by atoms with van der Waals surface area (Å²) in [6, 6.07) is 19.5. The molecule has 128 valence electrons. The second-order valence-corrected chi connectivity index (χ2v) is 6.83. The van der Waals surface area contributed by atoms with Crippen molar-refractivity contribution in [3.8, 4) is 0 Å². The van der Waals surface area contributed by atoms with Crippen LogP contribution in [0.3, 0.4) is 0 Å². The van der Waals surface area contributed by atoms with Gasteiger partial charge in [0.2, 0.25) is 0 Å². The Labute approximate surface area is 147 Å². The molecule has 0 aliphatic carbocycles. The average molecular weight is 334 g/mol. The van der Waals surface area contributed by atoms with Crippen LogP contribution in [0.2, 0.25) is 0 Å². The SMILES string of the molecule is CC1CN(c2c3ccccc3cc3ccccc23)CCN1CC(=O)O. The van der Waals surface area contributed by atoms with E-state index in [4.69, 9.17) is 5.11 Å². The van der Waals surface area contributed by atoms with Crippen LogP contribution < -0.4 is 4.90 Å². The number of fused-ring (bicyclic) bond motifs is 2. The maximum absolute atomic E-state index is 11.1. The van der Waals surface area contributed by atoms with Crippen molar-refractivity contribution in [2.45, 2.75) is 13.0 Å². The number of carboxylic acids is 1. The molecule has 1 atom stereocenters. The molecule has 1 aliphatic heterocycles. The van der Waals surface area contributed by atoms with E-state index in [9.17, 15) is 4.79 Å². The zero-order valence-corrected chi connectivity index (χ0v) is 14.4. The van der Waals surface area contributed by atoms with Crippen LogP contribution in [0.5, 0.6) is 0 Å². The van der Waals surface area contributed by atoms with Gasteiger partial charge < -0.3 is 10.0 Å². The summed E-state index contributed by atoms with van der Waals surface area (Å²) in [6.45, 7) is 4.68. The van der Waals surface area contributed by atoms with Crippen LogP contribution in [-0.2, 0) is 4.79 Å². The molecule has 1 aliphatic rings. The van der Waals surface area contributed by atoms with Crippen molar-refractivity contribution < 1.29 is 9.90 Å². The van der Waals surface area contributed by atoms with E-state index < -0.39 is 5.97 Å². The van der Waals surface area contributed by atoms with Crippen molar-refractivity contribution in [2.75, 3.05) is 31.1 Å². The number of carboxylic acid groups (broad SMARTS) is 1. The van der Waals surface area contributed by atoms with Crippen LogP contribution in [0.25, 0.3) is 21.5 Å². The van der Waals surface area contributed by atoms with Gasteiger partial charge in [-0.1, -0.05) is 48.5 Å². The molecule has 4 nitrogen and oxygen atoms in total. The molecular formula is C21H22N2O2. The summed E-state index contributed by atoms with van der Waals surface area (Å²) in [6.07, 6.45) is 0. The maximum Gasteiger partial charge on any atom is 0.317 e. The molecule has 1 fully saturated rings. The van der Waals surface area contributed by atoms with Crippen LogP contribution >= 0.6 is 0 Å². The highest BCUT2D eigenvalue weighted by Gasteiger charge is 2.27. The lowest BCUT2D eigenvalue weighted by Crippen LogP contribution is -2.53. The van der Waals surface area contributed by atoms with E-state index in [0.717, 1.165) is 19.6 Å². The minimum atomic E-state index is -0.754. The fraction of sp³-hybridized carbons (Fsp3) is 0.286. The topological polar surface area (TPSA) is 43.8 Å². The molecule has 0 aromatic heterocycles. The first-order chi connectivity index (χ1) is 12.1. The van der Waals surface area contributed by atoms with E-state index in [-0.39, 0.29) is 12.6 Å². The molecule has 0 amide bonds. The molecule has 3 aromatic carbocycles. The van der Waals surface area contributed by atoms with Gasteiger partial charge >= 0.3 is 5.97 Å². The van der Waals surface area contributed by atoms with E-state index >= 15 is 0 Å². The molecule has 1 heterocycles. The van der Waals surface area contributed by atoms with E-state index in [1.807, 2.05) is 4.90 Å². The van der Waals surface area contributed by atoms with Crippen molar-refractivity contribution >= 4 is 33.2 Å². The van der Waals surface area contributed by atoms with Crippen molar-refractivity contribution in [3.05, 3.63) is 54.6 Å². The molecule has 3 aromatic rings. The summed E-state index contributed by atoms with van der Waals surface area (Å²) >= 11 is 0. The first-order valence-corrected chi connectivity index (χ1v) is 8.75. The summed E-state index contributed by atoms with van der Waals surface area (Å²) in [5, 5.41) is 14.1. The summed E-state index contributed by atoms with van der Waals surface area (Å²) in [7, 11) is 0. The molecule has 0 spiro atoms. The third-order valence-electron chi connectivity index (χ3n) is 5.16. The number of anilines is 1. The molecule has 1 saturated heterocycles. The number of rotatable bonds is 3. The van der Waals surface area contributed by atoms with Gasteiger partial charge in [-0.2, -0.15) is 0 Å². The van der Waals surface area contributed by atoms with Gasteiger partial charge in [-0.3, -0.25) is 9.69 Å². The summed E-state index contributed by atoms with van der Waals surface area (Å²) in [5.74, 6) is -0.754. The average Bonchev–Trinajstić information content (AvgIpc) is 2.61. The Morgan fingerprint density at radius 2 is 1.64 bits per heavy atom. The standard InChI is InChI=1S/C21H22N2O2/c1-15-13-23(11-10-22(15)14-20(24)25)21-18-8-4-2-6-16(18)12-17-7-3-5-9-19(17)21/h2-9,12,15H,10-11,13-14H2,1H3,(H,24,25). The zero-order chi connectivity index (χ0) is 17.4. The number of hydrogen-bond acceptors (Lipinski definition) is 3. The van der Waals surface area contributed by atoms with E-state index in [2.05, 4.69) is 66.4 Å². The van der Waals surface area contributed by atoms with E-state index in [1.54, 1.807) is 0 Å². The van der Waals surface area contributed by atoms with Gasteiger partial charge in [0, 0.05) is 36.4 Å². The normalized spacial score (nSPS) is 18.8. The number of carbonyl (C=O) groups is 1.